The predicted octanol–water partition coefficient (Wildman–Crippen LogP) is 2.09. The number of thiocarbonyl (C=S) groups is 1. The molecule has 0 aromatic heterocycles. The minimum absolute atomic E-state index is 0.0588. The molecule has 1 N–H and O–H groups in total. The lowest BCUT2D eigenvalue weighted by Crippen LogP contribution is -2.26. The van der Waals surface area contributed by atoms with Crippen molar-refractivity contribution in [2.75, 3.05) is 7.05 Å². The minimum atomic E-state index is 0.0588. The Balaban J connectivity index is 2.68. The van der Waals surface area contributed by atoms with Gasteiger partial charge in [0.2, 0.25) is 0 Å². The first kappa shape index (κ1) is 10.1. The molecule has 1 aromatic rings. The maximum atomic E-state index is 12.0. The molecule has 0 spiro atoms. The topological polar surface area (TPSA) is 29.1 Å². The number of likely N-dealkylation sites (N-methyl/N-ethyl adjacent to an activating group) is 1. The fraction of sp³-hybridized carbons (Fsp3) is 0.167. The number of carbonyl (C=O) groups is 1. The number of allylic oxidation sites excluding steroid dienone is 2. The molecule has 0 radical (unpaired) electrons. The second-order valence-corrected chi connectivity index (χ2v) is 3.86. The number of hydrogen-bond acceptors (Lipinski definition) is 3. The minimum Gasteiger partial charge on any atom is -0.387 e. The van der Waals surface area contributed by atoms with E-state index in [-0.39, 0.29) is 5.78 Å². The highest BCUT2D eigenvalue weighted by Crippen LogP contribution is 2.24. The van der Waals surface area contributed by atoms with Gasteiger partial charge in [0, 0.05) is 23.7 Å². The van der Waals surface area contributed by atoms with Gasteiger partial charge in [-0.15, -0.1) is 0 Å². The number of Topliss-reactive ketones (excluding diaryl/α,β-unsaturated/α-hetero) is 1. The van der Waals surface area contributed by atoms with Gasteiger partial charge >= 0.3 is 0 Å². The number of nitrogens with one attached hydrogen (secondary N) is 1. The maximum Gasteiger partial charge on any atom is 0.191 e. The molecule has 3 heteroatoms. The highest BCUT2D eigenvalue weighted by atomic mass is 32.1. The van der Waals surface area contributed by atoms with Crippen molar-refractivity contribution in [3.05, 3.63) is 46.7 Å². The van der Waals surface area contributed by atoms with E-state index in [0.29, 0.717) is 11.1 Å². The molecule has 0 saturated heterocycles. The highest BCUT2D eigenvalue weighted by Gasteiger charge is 2.25. The van der Waals surface area contributed by atoms with Gasteiger partial charge in [0.15, 0.2) is 5.78 Å². The number of benzene rings is 1. The fourth-order valence-electron chi connectivity index (χ4n) is 1.80. The Bertz CT molecular complexity index is 488. The van der Waals surface area contributed by atoms with Crippen molar-refractivity contribution in [2.45, 2.75) is 6.92 Å². The Morgan fingerprint density at radius 3 is 2.40 bits per heavy atom. The predicted molar refractivity (Wildman–Crippen MR) is 64.2 cm³/mol. The van der Waals surface area contributed by atoms with Crippen LogP contribution in [0.1, 0.15) is 22.8 Å². The van der Waals surface area contributed by atoms with Crippen molar-refractivity contribution in [1.82, 2.24) is 5.32 Å². The van der Waals surface area contributed by atoms with Crippen molar-refractivity contribution in [2.24, 2.45) is 0 Å². The van der Waals surface area contributed by atoms with Crippen LogP contribution in [0.15, 0.2) is 35.5 Å². The lowest BCUT2D eigenvalue weighted by Gasteiger charge is -2.20. The highest BCUT2D eigenvalue weighted by molar-refractivity contribution is 7.81. The second kappa shape index (κ2) is 3.59. The quantitative estimate of drug-likeness (QED) is 0.730. The van der Waals surface area contributed by atoms with Crippen LogP contribution < -0.4 is 5.32 Å². The van der Waals surface area contributed by atoms with E-state index in [4.69, 9.17) is 12.2 Å². The van der Waals surface area contributed by atoms with Crippen LogP contribution in [-0.4, -0.2) is 17.7 Å². The molecular formula is C12H11NOS. The summed E-state index contributed by atoms with van der Waals surface area (Å²) in [5.41, 5.74) is 3.03. The van der Waals surface area contributed by atoms with Crippen molar-refractivity contribution in [3.63, 3.8) is 0 Å². The summed E-state index contributed by atoms with van der Waals surface area (Å²) in [4.78, 5) is 12.7. The second-order valence-electron chi connectivity index (χ2n) is 3.45. The average molecular weight is 217 g/mol. The van der Waals surface area contributed by atoms with Gasteiger partial charge in [-0.3, -0.25) is 4.79 Å². The summed E-state index contributed by atoms with van der Waals surface area (Å²) in [6.07, 6.45) is 0. The first-order valence-corrected chi connectivity index (χ1v) is 5.14. The van der Waals surface area contributed by atoms with Gasteiger partial charge in [-0.1, -0.05) is 36.5 Å². The lowest BCUT2D eigenvalue weighted by molar-refractivity contribution is 0.103. The molecule has 1 aliphatic rings. The van der Waals surface area contributed by atoms with Crippen LogP contribution in [0.5, 0.6) is 0 Å². The van der Waals surface area contributed by atoms with Crippen LogP contribution in [0.4, 0.5) is 0 Å². The van der Waals surface area contributed by atoms with E-state index in [9.17, 15) is 4.79 Å². The van der Waals surface area contributed by atoms with E-state index in [1.54, 1.807) is 14.0 Å². The van der Waals surface area contributed by atoms with Gasteiger partial charge in [0.1, 0.15) is 0 Å². The number of fused-ring (bicyclic) bond motifs is 1. The molecule has 0 fully saturated rings. The lowest BCUT2D eigenvalue weighted by atomic mass is 9.89. The molecule has 76 valence electrons. The Morgan fingerprint density at radius 2 is 1.80 bits per heavy atom. The summed E-state index contributed by atoms with van der Waals surface area (Å²) in [6.45, 7) is 1.80. The Kier molecular flexibility index (Phi) is 2.40. The van der Waals surface area contributed by atoms with Crippen molar-refractivity contribution >= 4 is 22.9 Å². The van der Waals surface area contributed by atoms with Crippen molar-refractivity contribution in [1.29, 1.82) is 0 Å². The summed E-state index contributed by atoms with van der Waals surface area (Å²) >= 11 is 5.34. The summed E-state index contributed by atoms with van der Waals surface area (Å²) in [5.74, 6) is 0.0588. The molecule has 0 atom stereocenters. The zero-order valence-electron chi connectivity index (χ0n) is 8.63. The van der Waals surface area contributed by atoms with E-state index in [0.717, 1.165) is 16.1 Å². The van der Waals surface area contributed by atoms with E-state index >= 15 is 0 Å². The third-order valence-corrected chi connectivity index (χ3v) is 3.03. The number of hydrogen-bond donors (Lipinski definition) is 1. The smallest absolute Gasteiger partial charge is 0.191 e. The molecule has 0 saturated carbocycles. The van der Waals surface area contributed by atoms with Crippen LogP contribution in [0.25, 0.3) is 0 Å². The first-order valence-electron chi connectivity index (χ1n) is 4.74. The van der Waals surface area contributed by atoms with Gasteiger partial charge in [-0.05, 0) is 6.92 Å². The monoisotopic (exact) mass is 217 g/mol. The molecule has 1 aliphatic carbocycles. The third-order valence-electron chi connectivity index (χ3n) is 2.61. The summed E-state index contributed by atoms with van der Waals surface area (Å²) < 4.78 is 0. The summed E-state index contributed by atoms with van der Waals surface area (Å²) in [6, 6.07) is 7.46. The van der Waals surface area contributed by atoms with Crippen LogP contribution >= 0.6 is 12.2 Å². The average Bonchev–Trinajstić information content (AvgIpc) is 2.27. The van der Waals surface area contributed by atoms with Crippen LogP contribution in [0.3, 0.4) is 0 Å². The summed E-state index contributed by atoms with van der Waals surface area (Å²) in [5, 5.41) is 2.99. The van der Waals surface area contributed by atoms with E-state index in [2.05, 4.69) is 5.32 Å². The molecule has 15 heavy (non-hydrogen) atoms. The Morgan fingerprint density at radius 1 is 1.20 bits per heavy atom. The fourth-order valence-corrected chi connectivity index (χ4v) is 2.23. The van der Waals surface area contributed by atoms with Gasteiger partial charge in [-0.25, -0.2) is 0 Å². The maximum absolute atomic E-state index is 12.0. The van der Waals surface area contributed by atoms with Crippen molar-refractivity contribution in [3.8, 4) is 0 Å². The molecule has 0 heterocycles. The SMILES string of the molecule is CNC1=C(C)C(=O)c2ccccc2C1=S. The van der Waals surface area contributed by atoms with Gasteiger partial charge < -0.3 is 5.32 Å². The zero-order chi connectivity index (χ0) is 11.0. The Labute approximate surface area is 94.0 Å². The third kappa shape index (κ3) is 1.39. The van der Waals surface area contributed by atoms with E-state index < -0.39 is 0 Å². The Hall–Kier alpha value is -1.48. The molecule has 0 aliphatic heterocycles. The molecule has 2 nitrogen and oxygen atoms in total. The number of carbonyl (C=O) groups excluding carboxylic acids is 1. The molecule has 2 rings (SSSR count). The normalized spacial score (nSPS) is 15.3. The van der Waals surface area contributed by atoms with E-state index in [1.165, 1.54) is 0 Å². The zero-order valence-corrected chi connectivity index (χ0v) is 9.44. The van der Waals surface area contributed by atoms with E-state index in [1.807, 2.05) is 24.3 Å². The number of rotatable bonds is 1. The van der Waals surface area contributed by atoms with Gasteiger partial charge in [0.05, 0.1) is 10.6 Å². The largest absolute Gasteiger partial charge is 0.387 e. The summed E-state index contributed by atoms with van der Waals surface area (Å²) in [7, 11) is 1.78. The molecule has 0 bridgehead atoms. The standard InChI is InChI=1S/C12H11NOS/c1-7-10(13-2)12(15)9-6-4-3-5-8(9)11(7)14/h3-6,13H,1-2H3. The van der Waals surface area contributed by atoms with Crippen molar-refractivity contribution < 1.29 is 4.79 Å². The number of ketones is 1. The van der Waals surface area contributed by atoms with Crippen LogP contribution in [0, 0.1) is 0 Å². The molecule has 0 unspecified atom stereocenters. The molecular weight excluding hydrogens is 206 g/mol. The van der Waals surface area contributed by atoms with Gasteiger partial charge in [-0.2, -0.15) is 0 Å². The molecule has 1 aromatic carbocycles. The van der Waals surface area contributed by atoms with Crippen LogP contribution in [0.2, 0.25) is 0 Å². The molecule has 0 amide bonds. The van der Waals surface area contributed by atoms with Crippen LogP contribution in [-0.2, 0) is 0 Å². The first-order chi connectivity index (χ1) is 7.16. The van der Waals surface area contributed by atoms with Gasteiger partial charge in [0.25, 0.3) is 0 Å².